The molecule has 5 nitrogen and oxygen atoms in total. The van der Waals surface area contributed by atoms with E-state index in [9.17, 15) is 0 Å². The molecule has 6 heteroatoms. The molecule has 0 aliphatic carbocycles. The highest BCUT2D eigenvalue weighted by Crippen LogP contribution is 2.27. The number of nitrogens with two attached hydrogens (primary N) is 1. The zero-order valence-electron chi connectivity index (χ0n) is 12.1. The van der Waals surface area contributed by atoms with Gasteiger partial charge in [0.05, 0.1) is 33.2 Å². The second-order valence-electron chi connectivity index (χ2n) is 4.53. The van der Waals surface area contributed by atoms with E-state index in [1.807, 2.05) is 17.7 Å². The molecule has 1 heterocycles. The number of ether oxygens (including phenoxy) is 1. The predicted molar refractivity (Wildman–Crippen MR) is 84.9 cm³/mol. The van der Waals surface area contributed by atoms with Gasteiger partial charge < -0.3 is 10.5 Å². The third-order valence-electron chi connectivity index (χ3n) is 3.20. The highest BCUT2D eigenvalue weighted by molar-refractivity contribution is 9.10. The van der Waals surface area contributed by atoms with E-state index >= 15 is 0 Å². The van der Waals surface area contributed by atoms with Crippen molar-refractivity contribution < 1.29 is 4.74 Å². The van der Waals surface area contributed by atoms with Crippen molar-refractivity contribution in [1.29, 1.82) is 5.26 Å². The lowest BCUT2D eigenvalue weighted by Gasteiger charge is -2.10. The molecule has 1 aromatic carbocycles. The third-order valence-corrected chi connectivity index (χ3v) is 4.11. The Labute approximate surface area is 132 Å². The third kappa shape index (κ3) is 3.19. The molecular formula is C15H17BrN4O. The van der Waals surface area contributed by atoms with Crippen molar-refractivity contribution in [3.05, 3.63) is 39.6 Å². The van der Waals surface area contributed by atoms with Crippen molar-refractivity contribution >= 4 is 21.6 Å². The van der Waals surface area contributed by atoms with Gasteiger partial charge >= 0.3 is 0 Å². The molecular weight excluding hydrogens is 332 g/mol. The van der Waals surface area contributed by atoms with Gasteiger partial charge in [-0.2, -0.15) is 10.4 Å². The quantitative estimate of drug-likeness (QED) is 0.841. The van der Waals surface area contributed by atoms with Crippen LogP contribution in [0, 0.1) is 11.3 Å². The number of benzene rings is 1. The topological polar surface area (TPSA) is 76.9 Å². The SMILES string of the molecule is CCc1nn(CC)c(COc2ccc(C#N)cc2N)c1Br. The van der Waals surface area contributed by atoms with E-state index in [0.717, 1.165) is 28.8 Å². The number of anilines is 1. The van der Waals surface area contributed by atoms with Gasteiger partial charge in [0.2, 0.25) is 0 Å². The van der Waals surface area contributed by atoms with Gasteiger partial charge in [-0.05, 0) is 47.5 Å². The number of aryl methyl sites for hydroxylation is 2. The molecule has 110 valence electrons. The minimum absolute atomic E-state index is 0.373. The summed E-state index contributed by atoms with van der Waals surface area (Å²) < 4.78 is 8.68. The maximum Gasteiger partial charge on any atom is 0.142 e. The summed E-state index contributed by atoms with van der Waals surface area (Å²) in [4.78, 5) is 0. The van der Waals surface area contributed by atoms with Gasteiger partial charge in [0, 0.05) is 6.54 Å². The van der Waals surface area contributed by atoms with E-state index in [0.29, 0.717) is 23.6 Å². The summed E-state index contributed by atoms with van der Waals surface area (Å²) in [6.45, 7) is 5.26. The molecule has 0 saturated carbocycles. The summed E-state index contributed by atoms with van der Waals surface area (Å²) >= 11 is 3.58. The van der Waals surface area contributed by atoms with E-state index in [1.54, 1.807) is 18.2 Å². The minimum atomic E-state index is 0.373. The van der Waals surface area contributed by atoms with Gasteiger partial charge in [-0.25, -0.2) is 0 Å². The van der Waals surface area contributed by atoms with Crippen LogP contribution in [-0.4, -0.2) is 9.78 Å². The standard InChI is InChI=1S/C15H17BrN4O/c1-3-12-15(16)13(20(4-2)19-12)9-21-14-6-5-10(8-17)7-11(14)18/h5-7H,3-4,9,18H2,1-2H3. The summed E-state index contributed by atoms with van der Waals surface area (Å²) in [5.74, 6) is 0.572. The van der Waals surface area contributed by atoms with Gasteiger partial charge in [-0.15, -0.1) is 0 Å². The monoisotopic (exact) mass is 348 g/mol. The molecule has 0 spiro atoms. The molecule has 21 heavy (non-hydrogen) atoms. The summed E-state index contributed by atoms with van der Waals surface area (Å²) in [6, 6.07) is 7.07. The average Bonchev–Trinajstić information content (AvgIpc) is 2.81. The number of rotatable bonds is 5. The Morgan fingerprint density at radius 2 is 2.19 bits per heavy atom. The van der Waals surface area contributed by atoms with Crippen LogP contribution in [0.4, 0.5) is 5.69 Å². The van der Waals surface area contributed by atoms with Crippen molar-refractivity contribution in [3.8, 4) is 11.8 Å². The number of nitriles is 1. The summed E-state index contributed by atoms with van der Waals surface area (Å²) in [7, 11) is 0. The minimum Gasteiger partial charge on any atom is -0.485 e. The molecule has 2 N–H and O–H groups in total. The van der Waals surface area contributed by atoms with Crippen molar-refractivity contribution in [3.63, 3.8) is 0 Å². The fraction of sp³-hybridized carbons (Fsp3) is 0.333. The molecule has 0 unspecified atom stereocenters. The van der Waals surface area contributed by atoms with Gasteiger partial charge in [0.25, 0.3) is 0 Å². The summed E-state index contributed by atoms with van der Waals surface area (Å²) in [5, 5.41) is 13.4. The number of nitrogens with zero attached hydrogens (tertiary/aromatic N) is 3. The summed E-state index contributed by atoms with van der Waals surface area (Å²) in [5.41, 5.74) is 8.87. The van der Waals surface area contributed by atoms with Crippen LogP contribution in [0.3, 0.4) is 0 Å². The fourth-order valence-electron chi connectivity index (χ4n) is 2.05. The molecule has 0 atom stereocenters. The highest BCUT2D eigenvalue weighted by atomic mass is 79.9. The normalized spacial score (nSPS) is 10.4. The van der Waals surface area contributed by atoms with E-state index in [2.05, 4.69) is 28.0 Å². The largest absolute Gasteiger partial charge is 0.485 e. The first-order chi connectivity index (χ1) is 10.1. The molecule has 0 aliphatic rings. The first-order valence-corrected chi connectivity index (χ1v) is 7.56. The lowest BCUT2D eigenvalue weighted by atomic mass is 10.2. The number of hydrogen-bond donors (Lipinski definition) is 1. The van der Waals surface area contributed by atoms with Crippen LogP contribution in [0.5, 0.6) is 5.75 Å². The Hall–Kier alpha value is -2.00. The zero-order chi connectivity index (χ0) is 15.4. The first kappa shape index (κ1) is 15.4. The van der Waals surface area contributed by atoms with Crippen LogP contribution in [0.25, 0.3) is 0 Å². The Bertz CT molecular complexity index is 688. The lowest BCUT2D eigenvalue weighted by molar-refractivity contribution is 0.293. The van der Waals surface area contributed by atoms with Crippen molar-refractivity contribution in [2.45, 2.75) is 33.4 Å². The maximum absolute atomic E-state index is 8.83. The Balaban J connectivity index is 2.20. The molecule has 0 saturated heterocycles. The van der Waals surface area contributed by atoms with E-state index in [1.165, 1.54) is 0 Å². The van der Waals surface area contributed by atoms with Crippen molar-refractivity contribution in [1.82, 2.24) is 9.78 Å². The molecule has 0 aliphatic heterocycles. The number of nitrogen functional groups attached to an aromatic ring is 1. The second kappa shape index (κ2) is 6.64. The highest BCUT2D eigenvalue weighted by Gasteiger charge is 2.14. The molecule has 0 fully saturated rings. The maximum atomic E-state index is 8.83. The van der Waals surface area contributed by atoms with Crippen molar-refractivity contribution in [2.75, 3.05) is 5.73 Å². The fourth-order valence-corrected chi connectivity index (χ4v) is 2.73. The zero-order valence-corrected chi connectivity index (χ0v) is 13.6. The van der Waals surface area contributed by atoms with E-state index < -0.39 is 0 Å². The van der Waals surface area contributed by atoms with Gasteiger partial charge in [-0.1, -0.05) is 6.92 Å². The molecule has 1 aromatic heterocycles. The van der Waals surface area contributed by atoms with Crippen LogP contribution in [0.2, 0.25) is 0 Å². The molecule has 0 bridgehead atoms. The van der Waals surface area contributed by atoms with E-state index in [4.69, 9.17) is 15.7 Å². The molecule has 2 rings (SSSR count). The first-order valence-electron chi connectivity index (χ1n) is 6.77. The van der Waals surface area contributed by atoms with E-state index in [-0.39, 0.29) is 0 Å². The smallest absolute Gasteiger partial charge is 0.142 e. The van der Waals surface area contributed by atoms with Gasteiger partial charge in [0.15, 0.2) is 0 Å². The van der Waals surface area contributed by atoms with Crippen LogP contribution < -0.4 is 10.5 Å². The van der Waals surface area contributed by atoms with Crippen LogP contribution in [0.1, 0.15) is 30.8 Å². The molecule has 2 aromatic rings. The molecule has 0 amide bonds. The van der Waals surface area contributed by atoms with Gasteiger partial charge in [-0.3, -0.25) is 4.68 Å². The Morgan fingerprint density at radius 1 is 1.43 bits per heavy atom. The number of halogens is 1. The Kier molecular flexibility index (Phi) is 4.86. The van der Waals surface area contributed by atoms with Crippen molar-refractivity contribution in [2.24, 2.45) is 0 Å². The Morgan fingerprint density at radius 3 is 2.76 bits per heavy atom. The number of hydrogen-bond acceptors (Lipinski definition) is 4. The second-order valence-corrected chi connectivity index (χ2v) is 5.32. The van der Waals surface area contributed by atoms with Crippen LogP contribution in [0.15, 0.2) is 22.7 Å². The van der Waals surface area contributed by atoms with Crippen LogP contribution >= 0.6 is 15.9 Å². The predicted octanol–water partition coefficient (Wildman–Crippen LogP) is 3.26. The van der Waals surface area contributed by atoms with Gasteiger partial charge in [0.1, 0.15) is 12.4 Å². The number of aromatic nitrogens is 2. The molecule has 0 radical (unpaired) electrons. The average molecular weight is 349 g/mol. The lowest BCUT2D eigenvalue weighted by Crippen LogP contribution is -2.07. The summed E-state index contributed by atoms with van der Waals surface area (Å²) in [6.07, 6.45) is 0.861. The van der Waals surface area contributed by atoms with Crippen LogP contribution in [-0.2, 0) is 19.6 Å².